The minimum Gasteiger partial charge on any atom is -0.338 e. The Hall–Kier alpha value is -2.14. The first-order valence-electron chi connectivity index (χ1n) is 8.32. The van der Waals surface area contributed by atoms with Crippen molar-refractivity contribution in [3.63, 3.8) is 0 Å². The van der Waals surface area contributed by atoms with E-state index in [9.17, 15) is 4.79 Å². The van der Waals surface area contributed by atoms with Gasteiger partial charge in [-0.2, -0.15) is 0 Å². The van der Waals surface area contributed by atoms with E-state index < -0.39 is 0 Å². The maximum absolute atomic E-state index is 12.8. The number of hydrogen-bond acceptors (Lipinski definition) is 3. The van der Waals surface area contributed by atoms with E-state index in [1.54, 1.807) is 0 Å². The second-order valence-electron chi connectivity index (χ2n) is 6.51. The third-order valence-corrected chi connectivity index (χ3v) is 5.13. The summed E-state index contributed by atoms with van der Waals surface area (Å²) in [7, 11) is 2.04. The van der Waals surface area contributed by atoms with Crippen molar-refractivity contribution < 1.29 is 4.79 Å². The first-order valence-corrected chi connectivity index (χ1v) is 8.32. The van der Waals surface area contributed by atoms with Gasteiger partial charge < -0.3 is 9.47 Å². The second-order valence-corrected chi connectivity index (χ2v) is 6.51. The van der Waals surface area contributed by atoms with Crippen LogP contribution in [0.4, 0.5) is 5.69 Å². The summed E-state index contributed by atoms with van der Waals surface area (Å²) in [5.74, 6) is 1.82. The minimum atomic E-state index is 0.0282. The second kappa shape index (κ2) is 5.81. The number of amides is 1. The molecule has 0 saturated carbocycles. The highest BCUT2D eigenvalue weighted by atomic mass is 16.2. The van der Waals surface area contributed by atoms with Crippen LogP contribution in [0.2, 0.25) is 0 Å². The van der Waals surface area contributed by atoms with E-state index in [0.29, 0.717) is 5.92 Å². The number of carbonyl (C=O) groups is 1. The van der Waals surface area contributed by atoms with Gasteiger partial charge >= 0.3 is 0 Å². The third kappa shape index (κ3) is 2.55. The molecule has 23 heavy (non-hydrogen) atoms. The van der Waals surface area contributed by atoms with Crippen molar-refractivity contribution in [3.8, 4) is 0 Å². The van der Waals surface area contributed by atoms with Crippen LogP contribution in [0.1, 0.15) is 24.6 Å². The van der Waals surface area contributed by atoms with E-state index in [2.05, 4.69) is 14.5 Å². The van der Waals surface area contributed by atoms with Gasteiger partial charge in [0.15, 0.2) is 0 Å². The molecule has 2 saturated heterocycles. The number of aromatic nitrogens is 2. The Bertz CT molecular complexity index is 696. The Morgan fingerprint density at radius 2 is 1.96 bits per heavy atom. The topological polar surface area (TPSA) is 41.4 Å². The van der Waals surface area contributed by atoms with E-state index in [4.69, 9.17) is 0 Å². The average Bonchev–Trinajstić information content (AvgIpc) is 3.27. The molecule has 2 atom stereocenters. The molecule has 1 amide bonds. The molecule has 0 aliphatic carbocycles. The molecule has 2 aliphatic heterocycles. The zero-order valence-corrected chi connectivity index (χ0v) is 13.4. The Morgan fingerprint density at radius 3 is 2.70 bits per heavy atom. The molecule has 1 aromatic heterocycles. The van der Waals surface area contributed by atoms with Crippen molar-refractivity contribution in [2.24, 2.45) is 7.05 Å². The third-order valence-electron chi connectivity index (χ3n) is 5.13. The van der Waals surface area contributed by atoms with Crippen LogP contribution in [0, 0.1) is 0 Å². The molecule has 3 heterocycles. The van der Waals surface area contributed by atoms with Gasteiger partial charge in [0.25, 0.3) is 0 Å². The van der Waals surface area contributed by atoms with Gasteiger partial charge in [0.05, 0.1) is 6.04 Å². The van der Waals surface area contributed by atoms with Crippen LogP contribution < -0.4 is 4.90 Å². The molecule has 0 spiro atoms. The summed E-state index contributed by atoms with van der Waals surface area (Å²) >= 11 is 0. The average molecular weight is 310 g/mol. The highest BCUT2D eigenvalue weighted by molar-refractivity contribution is 5.99. The highest BCUT2D eigenvalue weighted by Crippen LogP contribution is 2.31. The fourth-order valence-corrected chi connectivity index (χ4v) is 3.92. The predicted octanol–water partition coefficient (Wildman–Crippen LogP) is 2.01. The van der Waals surface area contributed by atoms with E-state index >= 15 is 0 Å². The molecule has 5 nitrogen and oxygen atoms in total. The lowest BCUT2D eigenvalue weighted by Crippen LogP contribution is -2.40. The molecule has 0 radical (unpaired) electrons. The highest BCUT2D eigenvalue weighted by Gasteiger charge is 2.40. The number of likely N-dealkylation sites (tertiary alicyclic amines) is 1. The van der Waals surface area contributed by atoms with Crippen molar-refractivity contribution >= 4 is 11.6 Å². The largest absolute Gasteiger partial charge is 0.338 e. The number of benzene rings is 1. The van der Waals surface area contributed by atoms with Crippen LogP contribution in [-0.4, -0.2) is 46.0 Å². The van der Waals surface area contributed by atoms with Gasteiger partial charge in [0.2, 0.25) is 5.91 Å². The monoisotopic (exact) mass is 310 g/mol. The predicted molar refractivity (Wildman–Crippen MR) is 89.3 cm³/mol. The first kappa shape index (κ1) is 14.5. The molecular formula is C18H22N4O. The van der Waals surface area contributed by atoms with Crippen LogP contribution in [0.25, 0.3) is 0 Å². The summed E-state index contributed by atoms with van der Waals surface area (Å²) < 4.78 is 2.10. The molecule has 0 unspecified atom stereocenters. The van der Waals surface area contributed by atoms with Gasteiger partial charge in [-0.1, -0.05) is 18.2 Å². The van der Waals surface area contributed by atoms with Gasteiger partial charge in [-0.25, -0.2) is 4.98 Å². The van der Waals surface area contributed by atoms with Gasteiger partial charge in [0.1, 0.15) is 5.82 Å². The molecule has 4 rings (SSSR count). The maximum atomic E-state index is 12.8. The maximum Gasteiger partial charge on any atom is 0.244 e. The van der Waals surface area contributed by atoms with Crippen molar-refractivity contribution in [3.05, 3.63) is 48.5 Å². The number of carbonyl (C=O) groups excluding carboxylic acids is 1. The summed E-state index contributed by atoms with van der Waals surface area (Å²) in [5.41, 5.74) is 1.01. The molecular weight excluding hydrogens is 288 g/mol. The molecule has 2 aromatic rings. The zero-order chi connectivity index (χ0) is 15.8. The number of hydrogen-bond donors (Lipinski definition) is 0. The quantitative estimate of drug-likeness (QED) is 0.871. The van der Waals surface area contributed by atoms with E-state index in [-0.39, 0.29) is 11.9 Å². The molecule has 5 heteroatoms. The standard InChI is InChI=1S/C18H22N4O/c1-20-12-9-19-17(20)14-7-10-21(13-14)16-8-11-22(18(16)23)15-5-3-2-4-6-15/h2-6,9,12,14,16H,7-8,10-11,13H2,1H3/t14-,16+/m1/s1. The van der Waals surface area contributed by atoms with E-state index in [1.165, 1.54) is 0 Å². The van der Waals surface area contributed by atoms with Crippen LogP contribution in [-0.2, 0) is 11.8 Å². The fourth-order valence-electron chi connectivity index (χ4n) is 3.92. The summed E-state index contributed by atoms with van der Waals surface area (Å²) in [4.78, 5) is 21.6. The van der Waals surface area contributed by atoms with Crippen LogP contribution >= 0.6 is 0 Å². The summed E-state index contributed by atoms with van der Waals surface area (Å²) in [6.45, 7) is 2.73. The van der Waals surface area contributed by atoms with Gasteiger partial charge in [0, 0.05) is 44.1 Å². The molecule has 2 aliphatic rings. The number of rotatable bonds is 3. The smallest absolute Gasteiger partial charge is 0.244 e. The Kier molecular flexibility index (Phi) is 3.65. The Labute approximate surface area is 136 Å². The van der Waals surface area contributed by atoms with Crippen molar-refractivity contribution in [2.75, 3.05) is 24.5 Å². The van der Waals surface area contributed by atoms with Crippen molar-refractivity contribution in [1.82, 2.24) is 14.5 Å². The number of para-hydroxylation sites is 1. The first-order chi connectivity index (χ1) is 11.2. The Balaban J connectivity index is 1.46. The normalized spacial score (nSPS) is 25.4. The lowest BCUT2D eigenvalue weighted by molar-refractivity contribution is -0.121. The molecule has 1 aromatic carbocycles. The van der Waals surface area contributed by atoms with Crippen LogP contribution in [0.5, 0.6) is 0 Å². The van der Waals surface area contributed by atoms with E-state index in [1.807, 2.05) is 54.7 Å². The van der Waals surface area contributed by atoms with E-state index in [0.717, 1.165) is 44.0 Å². The number of nitrogens with zero attached hydrogens (tertiary/aromatic N) is 4. The molecule has 0 N–H and O–H groups in total. The summed E-state index contributed by atoms with van der Waals surface area (Å²) in [6, 6.07) is 10.0. The number of imidazole rings is 1. The summed E-state index contributed by atoms with van der Waals surface area (Å²) in [6.07, 6.45) is 5.85. The van der Waals surface area contributed by atoms with Crippen LogP contribution in [0.15, 0.2) is 42.7 Å². The SMILES string of the molecule is Cn1ccnc1[C@@H]1CCN([C@H]2CCN(c3ccccc3)C2=O)C1. The van der Waals surface area contributed by atoms with Gasteiger partial charge in [-0.05, 0) is 31.5 Å². The van der Waals surface area contributed by atoms with Gasteiger partial charge in [-0.15, -0.1) is 0 Å². The fraction of sp³-hybridized carbons (Fsp3) is 0.444. The zero-order valence-electron chi connectivity index (χ0n) is 13.4. The minimum absolute atomic E-state index is 0.0282. The van der Waals surface area contributed by atoms with Crippen molar-refractivity contribution in [2.45, 2.75) is 24.8 Å². The molecule has 0 bridgehead atoms. The molecule has 2 fully saturated rings. The Morgan fingerprint density at radius 1 is 1.13 bits per heavy atom. The number of anilines is 1. The molecule has 120 valence electrons. The van der Waals surface area contributed by atoms with Crippen molar-refractivity contribution in [1.29, 1.82) is 0 Å². The lowest BCUT2D eigenvalue weighted by atomic mass is 10.1. The van der Waals surface area contributed by atoms with Gasteiger partial charge in [-0.3, -0.25) is 9.69 Å². The summed E-state index contributed by atoms with van der Waals surface area (Å²) in [5, 5.41) is 0. The number of aryl methyl sites for hydroxylation is 1. The lowest BCUT2D eigenvalue weighted by Gasteiger charge is -2.23. The van der Waals surface area contributed by atoms with Crippen LogP contribution in [0.3, 0.4) is 0 Å².